The van der Waals surface area contributed by atoms with Crippen LogP contribution in [-0.4, -0.2) is 45.4 Å². The fourth-order valence-electron chi connectivity index (χ4n) is 4.15. The van der Waals surface area contributed by atoms with Crippen molar-refractivity contribution in [2.45, 2.75) is 32.2 Å². The van der Waals surface area contributed by atoms with Crippen LogP contribution in [0, 0.1) is 5.41 Å². The van der Waals surface area contributed by atoms with E-state index in [0.717, 1.165) is 43.9 Å². The van der Waals surface area contributed by atoms with E-state index in [2.05, 4.69) is 19.9 Å². The van der Waals surface area contributed by atoms with E-state index in [-0.39, 0.29) is 11.3 Å². The number of pyridine rings is 1. The Morgan fingerprint density at radius 3 is 2.80 bits per heavy atom. The highest BCUT2D eigenvalue weighted by molar-refractivity contribution is 5.77. The molecule has 4 rings (SSSR count). The summed E-state index contributed by atoms with van der Waals surface area (Å²) in [7, 11) is 0. The van der Waals surface area contributed by atoms with Gasteiger partial charge < -0.3 is 9.80 Å². The summed E-state index contributed by atoms with van der Waals surface area (Å²) in [5.74, 6) is 1.20. The van der Waals surface area contributed by atoms with Gasteiger partial charge in [0.05, 0.1) is 6.20 Å². The standard InChI is InChI=1S/C19H23N5O/c25-18-4-6-19(15-24(18)13-16-3-1-7-20-11-16)5-2-10-23(14-19)17-12-21-8-9-22-17/h1,3,7-9,11-12H,2,4-6,10,13-15H2/t19-/m1/s1. The summed E-state index contributed by atoms with van der Waals surface area (Å²) in [5, 5.41) is 0. The van der Waals surface area contributed by atoms with Gasteiger partial charge in [-0.25, -0.2) is 4.98 Å². The molecule has 2 aliphatic heterocycles. The van der Waals surface area contributed by atoms with Gasteiger partial charge in [-0.15, -0.1) is 0 Å². The maximum Gasteiger partial charge on any atom is 0.222 e. The first-order valence-electron chi connectivity index (χ1n) is 8.92. The highest BCUT2D eigenvalue weighted by Gasteiger charge is 2.42. The number of piperidine rings is 2. The molecule has 6 heteroatoms. The minimum absolute atomic E-state index is 0.159. The van der Waals surface area contributed by atoms with Crippen LogP contribution in [0.5, 0.6) is 0 Å². The molecule has 2 aromatic rings. The van der Waals surface area contributed by atoms with Gasteiger partial charge in [-0.3, -0.25) is 14.8 Å². The normalized spacial score (nSPS) is 23.9. The number of amides is 1. The smallest absolute Gasteiger partial charge is 0.222 e. The van der Waals surface area contributed by atoms with Crippen molar-refractivity contribution in [3.05, 3.63) is 48.7 Å². The molecular weight excluding hydrogens is 314 g/mol. The number of hydrogen-bond donors (Lipinski definition) is 0. The van der Waals surface area contributed by atoms with Crippen molar-refractivity contribution in [2.24, 2.45) is 5.41 Å². The fraction of sp³-hybridized carbons (Fsp3) is 0.474. The Balaban J connectivity index is 1.50. The zero-order valence-corrected chi connectivity index (χ0v) is 14.3. The van der Waals surface area contributed by atoms with Gasteiger partial charge >= 0.3 is 0 Å². The van der Waals surface area contributed by atoms with E-state index >= 15 is 0 Å². The number of likely N-dealkylation sites (tertiary alicyclic amines) is 1. The van der Waals surface area contributed by atoms with Crippen molar-refractivity contribution in [1.82, 2.24) is 19.9 Å². The molecule has 4 heterocycles. The molecule has 0 saturated carbocycles. The van der Waals surface area contributed by atoms with Crippen LogP contribution in [0.2, 0.25) is 0 Å². The van der Waals surface area contributed by atoms with Gasteiger partial charge in [-0.05, 0) is 30.9 Å². The molecule has 1 spiro atoms. The predicted octanol–water partition coefficient (Wildman–Crippen LogP) is 2.28. The third-order valence-electron chi connectivity index (χ3n) is 5.38. The van der Waals surface area contributed by atoms with Crippen LogP contribution in [0.3, 0.4) is 0 Å². The van der Waals surface area contributed by atoms with Gasteiger partial charge in [0.15, 0.2) is 0 Å². The van der Waals surface area contributed by atoms with Gasteiger partial charge in [0.1, 0.15) is 5.82 Å². The molecule has 2 aromatic heterocycles. The maximum absolute atomic E-state index is 12.4. The summed E-state index contributed by atoms with van der Waals surface area (Å²) in [5.41, 5.74) is 1.25. The molecule has 0 radical (unpaired) electrons. The van der Waals surface area contributed by atoms with Crippen LogP contribution in [0.25, 0.3) is 0 Å². The monoisotopic (exact) mass is 337 g/mol. The average molecular weight is 337 g/mol. The lowest BCUT2D eigenvalue weighted by Crippen LogP contribution is -2.54. The minimum Gasteiger partial charge on any atom is -0.355 e. The van der Waals surface area contributed by atoms with Crippen LogP contribution in [-0.2, 0) is 11.3 Å². The Morgan fingerprint density at radius 2 is 2.00 bits per heavy atom. The lowest BCUT2D eigenvalue weighted by molar-refractivity contribution is -0.138. The molecule has 0 bridgehead atoms. The van der Waals surface area contributed by atoms with E-state index in [0.29, 0.717) is 13.0 Å². The van der Waals surface area contributed by atoms with Crippen molar-refractivity contribution in [3.8, 4) is 0 Å². The van der Waals surface area contributed by atoms with Crippen LogP contribution in [0.4, 0.5) is 5.82 Å². The third-order valence-corrected chi connectivity index (χ3v) is 5.38. The Labute approximate surface area is 147 Å². The molecule has 0 N–H and O–H groups in total. The predicted molar refractivity (Wildman–Crippen MR) is 94.8 cm³/mol. The van der Waals surface area contributed by atoms with Gasteiger partial charge in [-0.1, -0.05) is 6.07 Å². The third kappa shape index (κ3) is 3.48. The van der Waals surface area contributed by atoms with Crippen molar-refractivity contribution in [1.29, 1.82) is 0 Å². The number of hydrogen-bond acceptors (Lipinski definition) is 5. The summed E-state index contributed by atoms with van der Waals surface area (Å²) >= 11 is 0. The van der Waals surface area contributed by atoms with Crippen molar-refractivity contribution in [2.75, 3.05) is 24.5 Å². The molecule has 6 nitrogen and oxygen atoms in total. The van der Waals surface area contributed by atoms with Gasteiger partial charge in [0, 0.05) is 62.8 Å². The molecular formula is C19H23N5O. The molecule has 0 aliphatic carbocycles. The number of rotatable bonds is 3. The summed E-state index contributed by atoms with van der Waals surface area (Å²) in [6, 6.07) is 3.96. The Bertz CT molecular complexity index is 723. The maximum atomic E-state index is 12.4. The molecule has 2 fully saturated rings. The first-order valence-corrected chi connectivity index (χ1v) is 8.92. The second kappa shape index (κ2) is 6.78. The zero-order valence-electron chi connectivity index (χ0n) is 14.3. The van der Waals surface area contributed by atoms with E-state index in [1.165, 1.54) is 6.42 Å². The van der Waals surface area contributed by atoms with Gasteiger partial charge in [0.25, 0.3) is 0 Å². The molecule has 2 saturated heterocycles. The van der Waals surface area contributed by atoms with E-state index in [9.17, 15) is 4.79 Å². The number of carbonyl (C=O) groups excluding carboxylic acids is 1. The summed E-state index contributed by atoms with van der Waals surface area (Å²) in [6.45, 7) is 3.43. The first kappa shape index (κ1) is 16.0. The fourth-order valence-corrected chi connectivity index (χ4v) is 4.15. The van der Waals surface area contributed by atoms with Gasteiger partial charge in [0.2, 0.25) is 5.91 Å². The Morgan fingerprint density at radius 1 is 1.08 bits per heavy atom. The second-order valence-electron chi connectivity index (χ2n) is 7.20. The summed E-state index contributed by atoms with van der Waals surface area (Å²) in [6.07, 6.45) is 12.8. The number of aromatic nitrogens is 3. The van der Waals surface area contributed by atoms with Crippen LogP contribution in [0.15, 0.2) is 43.1 Å². The van der Waals surface area contributed by atoms with Crippen molar-refractivity contribution >= 4 is 11.7 Å². The highest BCUT2D eigenvalue weighted by atomic mass is 16.2. The quantitative estimate of drug-likeness (QED) is 0.860. The average Bonchev–Trinajstić information content (AvgIpc) is 2.67. The van der Waals surface area contributed by atoms with Crippen LogP contribution >= 0.6 is 0 Å². The number of carbonyl (C=O) groups is 1. The lowest BCUT2D eigenvalue weighted by Gasteiger charge is -2.48. The van der Waals surface area contributed by atoms with Crippen LogP contribution in [0.1, 0.15) is 31.2 Å². The topological polar surface area (TPSA) is 62.2 Å². The highest BCUT2D eigenvalue weighted by Crippen LogP contribution is 2.40. The SMILES string of the molecule is O=C1CC[C@@]2(CCCN(c3cnccn3)C2)CN1Cc1cccnc1. The molecule has 1 amide bonds. The van der Waals surface area contributed by atoms with Gasteiger partial charge in [-0.2, -0.15) is 0 Å². The number of nitrogens with zero attached hydrogens (tertiary/aromatic N) is 5. The van der Waals surface area contributed by atoms with E-state index < -0.39 is 0 Å². The minimum atomic E-state index is 0.159. The van der Waals surface area contributed by atoms with E-state index in [1.54, 1.807) is 18.6 Å². The van der Waals surface area contributed by atoms with E-state index in [4.69, 9.17) is 0 Å². The van der Waals surface area contributed by atoms with Crippen molar-refractivity contribution in [3.63, 3.8) is 0 Å². The summed E-state index contributed by atoms with van der Waals surface area (Å²) in [4.78, 5) is 29.6. The second-order valence-corrected chi connectivity index (χ2v) is 7.20. The number of anilines is 1. The Kier molecular flexibility index (Phi) is 4.34. The molecule has 0 aromatic carbocycles. The molecule has 130 valence electrons. The molecule has 1 atom stereocenters. The zero-order chi connectivity index (χ0) is 17.1. The molecule has 0 unspecified atom stereocenters. The molecule has 25 heavy (non-hydrogen) atoms. The summed E-state index contributed by atoms with van der Waals surface area (Å²) < 4.78 is 0. The molecule has 2 aliphatic rings. The largest absolute Gasteiger partial charge is 0.355 e. The van der Waals surface area contributed by atoms with Crippen LogP contribution < -0.4 is 4.90 Å². The van der Waals surface area contributed by atoms with Crippen molar-refractivity contribution < 1.29 is 4.79 Å². The van der Waals surface area contributed by atoms with E-state index in [1.807, 2.05) is 29.4 Å². The first-order chi connectivity index (χ1) is 12.2. The lowest BCUT2D eigenvalue weighted by atomic mass is 9.73. The Hall–Kier alpha value is -2.50.